The van der Waals surface area contributed by atoms with Gasteiger partial charge >= 0.3 is 0 Å². The molecule has 122 valence electrons. The summed E-state index contributed by atoms with van der Waals surface area (Å²) in [6.07, 6.45) is 0.703. The predicted molar refractivity (Wildman–Crippen MR) is 87.5 cm³/mol. The van der Waals surface area contributed by atoms with E-state index in [1.54, 1.807) is 7.11 Å². The minimum Gasteiger partial charge on any atom is -0.379 e. The van der Waals surface area contributed by atoms with Crippen molar-refractivity contribution in [1.29, 1.82) is 0 Å². The molecule has 1 aromatic rings. The Morgan fingerprint density at radius 1 is 1.32 bits per heavy atom. The molecule has 0 aromatic heterocycles. The fourth-order valence-electron chi connectivity index (χ4n) is 2.77. The fraction of sp³-hybridized carbons (Fsp3) is 0.588. The number of nitrogens with zero attached hydrogens (tertiary/aromatic N) is 1. The minimum absolute atomic E-state index is 0.00806. The van der Waals surface area contributed by atoms with Gasteiger partial charge in [-0.25, -0.2) is 0 Å². The molecule has 1 aliphatic heterocycles. The number of rotatable bonds is 6. The smallest absolute Gasteiger partial charge is 0.251 e. The van der Waals surface area contributed by atoms with Gasteiger partial charge in [-0.2, -0.15) is 0 Å². The van der Waals surface area contributed by atoms with Crippen LogP contribution in [0.1, 0.15) is 30.6 Å². The molecular formula is C17H26N2O3. The van der Waals surface area contributed by atoms with Crippen LogP contribution in [-0.2, 0) is 9.47 Å². The summed E-state index contributed by atoms with van der Waals surface area (Å²) in [6, 6.07) is 7.77. The molecule has 0 spiro atoms. The molecule has 0 aliphatic carbocycles. The Morgan fingerprint density at radius 2 is 2.00 bits per heavy atom. The summed E-state index contributed by atoms with van der Waals surface area (Å²) in [5.41, 5.74) is 1.82. The fourth-order valence-corrected chi connectivity index (χ4v) is 2.77. The Labute approximate surface area is 132 Å². The van der Waals surface area contributed by atoms with Gasteiger partial charge in [0.15, 0.2) is 0 Å². The Bertz CT molecular complexity index is 471. The van der Waals surface area contributed by atoms with Gasteiger partial charge in [0.05, 0.1) is 12.6 Å². The predicted octanol–water partition coefficient (Wildman–Crippen LogP) is 2.07. The third-order valence-electron chi connectivity index (χ3n) is 4.18. The van der Waals surface area contributed by atoms with E-state index >= 15 is 0 Å². The zero-order valence-corrected chi connectivity index (χ0v) is 13.7. The van der Waals surface area contributed by atoms with Crippen molar-refractivity contribution in [2.45, 2.75) is 32.4 Å². The van der Waals surface area contributed by atoms with Crippen molar-refractivity contribution < 1.29 is 14.3 Å². The van der Waals surface area contributed by atoms with E-state index in [4.69, 9.17) is 9.47 Å². The normalized spacial score (nSPS) is 21.4. The third kappa shape index (κ3) is 3.99. The first kappa shape index (κ1) is 16.8. The van der Waals surface area contributed by atoms with Crippen molar-refractivity contribution in [2.24, 2.45) is 0 Å². The van der Waals surface area contributed by atoms with Gasteiger partial charge in [0.2, 0.25) is 0 Å². The van der Waals surface area contributed by atoms with Crippen molar-refractivity contribution in [3.05, 3.63) is 29.8 Å². The van der Waals surface area contributed by atoms with Crippen LogP contribution in [0, 0.1) is 0 Å². The summed E-state index contributed by atoms with van der Waals surface area (Å²) >= 11 is 0. The van der Waals surface area contributed by atoms with E-state index in [-0.39, 0.29) is 18.1 Å². The molecule has 5 nitrogen and oxygen atoms in total. The first-order valence-electron chi connectivity index (χ1n) is 7.96. The number of anilines is 1. The van der Waals surface area contributed by atoms with Gasteiger partial charge in [-0.15, -0.1) is 0 Å². The molecule has 0 bridgehead atoms. The number of nitrogens with one attached hydrogen (secondary N) is 1. The van der Waals surface area contributed by atoms with Gasteiger partial charge in [0, 0.05) is 38.1 Å². The molecule has 2 atom stereocenters. The van der Waals surface area contributed by atoms with Gasteiger partial charge in [0.1, 0.15) is 6.10 Å². The second-order valence-electron chi connectivity index (χ2n) is 5.44. The van der Waals surface area contributed by atoms with Gasteiger partial charge in [-0.05, 0) is 44.5 Å². The first-order valence-corrected chi connectivity index (χ1v) is 7.96. The van der Waals surface area contributed by atoms with E-state index in [2.05, 4.69) is 24.1 Å². The SMILES string of the molecule is CCN(CC)c1ccc(C(=O)N[C@@H]2CCOC[C@H]2OC)cc1. The van der Waals surface area contributed by atoms with E-state index in [9.17, 15) is 4.79 Å². The van der Waals surface area contributed by atoms with Gasteiger partial charge in [0.25, 0.3) is 5.91 Å². The number of amides is 1. The van der Waals surface area contributed by atoms with Crippen LogP contribution in [0.15, 0.2) is 24.3 Å². The molecule has 1 heterocycles. The third-order valence-corrected chi connectivity index (χ3v) is 4.18. The average Bonchev–Trinajstić information content (AvgIpc) is 2.57. The number of carbonyl (C=O) groups is 1. The standard InChI is InChI=1S/C17H26N2O3/c1-4-19(5-2)14-8-6-13(7-9-14)17(20)18-15-10-11-22-12-16(15)21-3/h6-9,15-16H,4-5,10-12H2,1-3H3,(H,18,20)/t15-,16-/m1/s1. The lowest BCUT2D eigenvalue weighted by molar-refractivity contribution is -0.0479. The van der Waals surface area contributed by atoms with E-state index in [0.717, 1.165) is 25.2 Å². The highest BCUT2D eigenvalue weighted by molar-refractivity contribution is 5.94. The van der Waals surface area contributed by atoms with Crippen LogP contribution in [0.5, 0.6) is 0 Å². The molecule has 1 aliphatic rings. The topological polar surface area (TPSA) is 50.8 Å². The van der Waals surface area contributed by atoms with Crippen molar-refractivity contribution in [2.75, 3.05) is 38.3 Å². The highest BCUT2D eigenvalue weighted by Gasteiger charge is 2.27. The Kier molecular flexibility index (Phi) is 6.21. The van der Waals surface area contributed by atoms with Gasteiger partial charge in [-0.1, -0.05) is 0 Å². The van der Waals surface area contributed by atoms with Crippen LogP contribution in [0.3, 0.4) is 0 Å². The maximum atomic E-state index is 12.4. The molecule has 0 radical (unpaired) electrons. The number of carbonyl (C=O) groups excluding carboxylic acids is 1. The van der Waals surface area contributed by atoms with Gasteiger partial charge < -0.3 is 19.7 Å². The summed E-state index contributed by atoms with van der Waals surface area (Å²) < 4.78 is 10.7. The highest BCUT2D eigenvalue weighted by atomic mass is 16.5. The molecule has 1 fully saturated rings. The molecule has 2 rings (SSSR count). The lowest BCUT2D eigenvalue weighted by atomic mass is 10.1. The van der Waals surface area contributed by atoms with E-state index in [1.165, 1.54) is 0 Å². The number of hydrogen-bond acceptors (Lipinski definition) is 4. The molecule has 0 saturated carbocycles. The zero-order chi connectivity index (χ0) is 15.9. The summed E-state index contributed by atoms with van der Waals surface area (Å²) in [5.74, 6) is -0.0555. The summed E-state index contributed by atoms with van der Waals surface area (Å²) in [4.78, 5) is 14.6. The largest absolute Gasteiger partial charge is 0.379 e. The monoisotopic (exact) mass is 306 g/mol. The van der Waals surface area contributed by atoms with E-state index in [0.29, 0.717) is 18.8 Å². The van der Waals surface area contributed by atoms with Crippen LogP contribution in [0.25, 0.3) is 0 Å². The maximum absolute atomic E-state index is 12.4. The Hall–Kier alpha value is -1.59. The summed E-state index contributed by atoms with van der Waals surface area (Å²) in [5, 5.41) is 3.06. The minimum atomic E-state index is -0.0763. The Morgan fingerprint density at radius 3 is 2.59 bits per heavy atom. The van der Waals surface area contributed by atoms with Crippen LogP contribution >= 0.6 is 0 Å². The number of ether oxygens (including phenoxy) is 2. The van der Waals surface area contributed by atoms with Crippen molar-refractivity contribution >= 4 is 11.6 Å². The number of hydrogen-bond donors (Lipinski definition) is 1. The molecular weight excluding hydrogens is 280 g/mol. The highest BCUT2D eigenvalue weighted by Crippen LogP contribution is 2.16. The maximum Gasteiger partial charge on any atom is 0.251 e. The number of benzene rings is 1. The van der Waals surface area contributed by atoms with Crippen LogP contribution in [-0.4, -0.2) is 51.5 Å². The second-order valence-corrected chi connectivity index (χ2v) is 5.44. The Balaban J connectivity index is 2.00. The summed E-state index contributed by atoms with van der Waals surface area (Å²) in [7, 11) is 1.65. The summed E-state index contributed by atoms with van der Waals surface area (Å²) in [6.45, 7) is 7.35. The molecule has 1 saturated heterocycles. The molecule has 1 N–H and O–H groups in total. The van der Waals surface area contributed by atoms with E-state index in [1.807, 2.05) is 24.3 Å². The zero-order valence-electron chi connectivity index (χ0n) is 13.7. The lowest BCUT2D eigenvalue weighted by Crippen LogP contribution is -2.49. The van der Waals surface area contributed by atoms with Gasteiger partial charge in [-0.3, -0.25) is 4.79 Å². The molecule has 5 heteroatoms. The second kappa shape index (κ2) is 8.15. The first-order chi connectivity index (χ1) is 10.7. The van der Waals surface area contributed by atoms with Crippen molar-refractivity contribution in [1.82, 2.24) is 5.32 Å². The average molecular weight is 306 g/mol. The lowest BCUT2D eigenvalue weighted by Gasteiger charge is -2.31. The van der Waals surface area contributed by atoms with Crippen LogP contribution in [0.4, 0.5) is 5.69 Å². The molecule has 0 unspecified atom stereocenters. The quantitative estimate of drug-likeness (QED) is 0.874. The molecule has 1 amide bonds. The van der Waals surface area contributed by atoms with E-state index < -0.39 is 0 Å². The number of methoxy groups -OCH3 is 1. The molecule has 1 aromatic carbocycles. The molecule has 22 heavy (non-hydrogen) atoms. The van der Waals surface area contributed by atoms with Crippen molar-refractivity contribution in [3.63, 3.8) is 0 Å². The van der Waals surface area contributed by atoms with Crippen LogP contribution in [0.2, 0.25) is 0 Å². The van der Waals surface area contributed by atoms with Crippen molar-refractivity contribution in [3.8, 4) is 0 Å². The van der Waals surface area contributed by atoms with Crippen LogP contribution < -0.4 is 10.2 Å².